The molecule has 1 aromatic carbocycles. The van der Waals surface area contributed by atoms with Crippen molar-refractivity contribution >= 4 is 0 Å². The highest BCUT2D eigenvalue weighted by Gasteiger charge is 2.16. The van der Waals surface area contributed by atoms with Crippen LogP contribution < -0.4 is 4.74 Å². The van der Waals surface area contributed by atoms with Gasteiger partial charge in [-0.1, -0.05) is 12.1 Å². The first kappa shape index (κ1) is 12.4. The molecule has 0 radical (unpaired) electrons. The average Bonchev–Trinajstić information content (AvgIpc) is 2.38. The van der Waals surface area contributed by atoms with Crippen molar-refractivity contribution in [3.8, 4) is 5.75 Å². The first-order chi connectivity index (χ1) is 8.28. The number of aliphatic hydroxyl groups excluding tert-OH is 1. The van der Waals surface area contributed by atoms with Crippen molar-refractivity contribution in [1.29, 1.82) is 0 Å². The number of hydrogen-bond donors (Lipinski definition) is 1. The van der Waals surface area contributed by atoms with Crippen LogP contribution in [-0.4, -0.2) is 42.9 Å². The molecule has 2 rings (SSSR count). The molecule has 1 aliphatic rings. The molecule has 94 valence electrons. The third-order valence-electron chi connectivity index (χ3n) is 3.41. The van der Waals surface area contributed by atoms with Crippen molar-refractivity contribution in [2.45, 2.75) is 25.4 Å². The predicted molar refractivity (Wildman–Crippen MR) is 68.4 cm³/mol. The van der Waals surface area contributed by atoms with Crippen LogP contribution in [0.2, 0.25) is 0 Å². The fourth-order valence-corrected chi connectivity index (χ4v) is 2.26. The maximum Gasteiger partial charge on any atom is 0.119 e. The summed E-state index contributed by atoms with van der Waals surface area (Å²) in [6.45, 7) is 3.11. The van der Waals surface area contributed by atoms with E-state index in [0.717, 1.165) is 44.6 Å². The molecule has 1 aromatic rings. The molecule has 3 nitrogen and oxygen atoms in total. The number of methoxy groups -OCH3 is 1. The smallest absolute Gasteiger partial charge is 0.119 e. The molecule has 0 bridgehead atoms. The Morgan fingerprint density at radius 1 is 1.35 bits per heavy atom. The zero-order chi connectivity index (χ0) is 12.1. The van der Waals surface area contributed by atoms with E-state index in [4.69, 9.17) is 4.74 Å². The van der Waals surface area contributed by atoms with Gasteiger partial charge in [0.25, 0.3) is 0 Å². The summed E-state index contributed by atoms with van der Waals surface area (Å²) in [4.78, 5) is 2.42. The molecule has 1 aliphatic heterocycles. The number of benzene rings is 1. The van der Waals surface area contributed by atoms with Gasteiger partial charge in [-0.2, -0.15) is 0 Å². The Labute approximate surface area is 103 Å². The normalized spacial score (nSPS) is 18.2. The van der Waals surface area contributed by atoms with Gasteiger partial charge in [0.1, 0.15) is 5.75 Å². The zero-order valence-corrected chi connectivity index (χ0v) is 10.4. The van der Waals surface area contributed by atoms with Crippen LogP contribution in [0.25, 0.3) is 0 Å². The Morgan fingerprint density at radius 3 is 2.82 bits per heavy atom. The summed E-state index contributed by atoms with van der Waals surface area (Å²) in [6.07, 6.45) is 2.80. The minimum atomic E-state index is -0.0805. The molecular formula is C14H21NO2. The average molecular weight is 235 g/mol. The van der Waals surface area contributed by atoms with Crippen LogP contribution >= 0.6 is 0 Å². The van der Waals surface area contributed by atoms with Crippen LogP contribution in [0.5, 0.6) is 5.75 Å². The molecule has 1 N–H and O–H groups in total. The second-order valence-corrected chi connectivity index (χ2v) is 4.67. The van der Waals surface area contributed by atoms with Crippen LogP contribution in [0, 0.1) is 0 Å². The standard InChI is InChI=1S/C14H21NO2/c1-17-14-4-2-3-12(11-14)5-8-15-9-6-13(16)7-10-15/h2-4,11,13,16H,5-10H2,1H3. The summed E-state index contributed by atoms with van der Waals surface area (Å²) >= 11 is 0. The van der Waals surface area contributed by atoms with Gasteiger partial charge in [0.15, 0.2) is 0 Å². The third-order valence-corrected chi connectivity index (χ3v) is 3.41. The van der Waals surface area contributed by atoms with Crippen molar-refractivity contribution in [3.63, 3.8) is 0 Å². The molecule has 1 saturated heterocycles. The minimum absolute atomic E-state index is 0.0805. The Balaban J connectivity index is 1.81. The van der Waals surface area contributed by atoms with E-state index in [-0.39, 0.29) is 6.10 Å². The number of piperidine rings is 1. The second kappa shape index (κ2) is 6.03. The molecule has 17 heavy (non-hydrogen) atoms. The Bertz CT molecular complexity index is 346. The quantitative estimate of drug-likeness (QED) is 0.862. The van der Waals surface area contributed by atoms with Gasteiger partial charge in [-0.25, -0.2) is 0 Å². The van der Waals surface area contributed by atoms with E-state index in [1.807, 2.05) is 12.1 Å². The molecule has 0 amide bonds. The highest BCUT2D eigenvalue weighted by Crippen LogP contribution is 2.15. The first-order valence-electron chi connectivity index (χ1n) is 6.31. The van der Waals surface area contributed by atoms with Gasteiger partial charge in [0.05, 0.1) is 13.2 Å². The fourth-order valence-electron chi connectivity index (χ4n) is 2.26. The van der Waals surface area contributed by atoms with Gasteiger partial charge < -0.3 is 14.7 Å². The molecule has 0 atom stereocenters. The summed E-state index contributed by atoms with van der Waals surface area (Å²) in [7, 11) is 1.70. The van der Waals surface area contributed by atoms with Crippen molar-refractivity contribution in [2.24, 2.45) is 0 Å². The van der Waals surface area contributed by atoms with Crippen molar-refractivity contribution < 1.29 is 9.84 Å². The molecule has 1 heterocycles. The monoisotopic (exact) mass is 235 g/mol. The minimum Gasteiger partial charge on any atom is -0.497 e. The van der Waals surface area contributed by atoms with E-state index < -0.39 is 0 Å². The van der Waals surface area contributed by atoms with Gasteiger partial charge in [-0.05, 0) is 37.0 Å². The van der Waals surface area contributed by atoms with E-state index in [1.54, 1.807) is 7.11 Å². The number of likely N-dealkylation sites (tertiary alicyclic amines) is 1. The Hall–Kier alpha value is -1.06. The van der Waals surface area contributed by atoms with E-state index in [2.05, 4.69) is 17.0 Å². The maximum atomic E-state index is 9.44. The summed E-state index contributed by atoms with van der Waals surface area (Å²) < 4.78 is 5.21. The van der Waals surface area contributed by atoms with Crippen molar-refractivity contribution in [2.75, 3.05) is 26.7 Å². The maximum absolute atomic E-state index is 9.44. The van der Waals surface area contributed by atoms with Gasteiger partial charge in [0.2, 0.25) is 0 Å². The van der Waals surface area contributed by atoms with Gasteiger partial charge in [-0.15, -0.1) is 0 Å². The summed E-state index contributed by atoms with van der Waals surface area (Å²) in [5.74, 6) is 0.927. The Morgan fingerprint density at radius 2 is 2.12 bits per heavy atom. The van der Waals surface area contributed by atoms with Crippen LogP contribution in [-0.2, 0) is 6.42 Å². The van der Waals surface area contributed by atoms with Gasteiger partial charge in [-0.3, -0.25) is 0 Å². The number of hydrogen-bond acceptors (Lipinski definition) is 3. The van der Waals surface area contributed by atoms with Crippen LogP contribution in [0.1, 0.15) is 18.4 Å². The third kappa shape index (κ3) is 3.72. The summed E-state index contributed by atoms with van der Waals surface area (Å²) in [5, 5.41) is 9.44. The molecular weight excluding hydrogens is 214 g/mol. The first-order valence-corrected chi connectivity index (χ1v) is 6.31. The lowest BCUT2D eigenvalue weighted by atomic mass is 10.1. The number of nitrogens with zero attached hydrogens (tertiary/aromatic N) is 1. The molecule has 0 saturated carbocycles. The molecule has 1 fully saturated rings. The highest BCUT2D eigenvalue weighted by molar-refractivity contribution is 5.28. The molecule has 0 aliphatic carbocycles. The molecule has 3 heteroatoms. The molecule has 0 spiro atoms. The van der Waals surface area contributed by atoms with Crippen molar-refractivity contribution in [3.05, 3.63) is 29.8 Å². The number of ether oxygens (including phenoxy) is 1. The van der Waals surface area contributed by atoms with Crippen LogP contribution in [0.3, 0.4) is 0 Å². The van der Waals surface area contributed by atoms with Crippen LogP contribution in [0.4, 0.5) is 0 Å². The number of rotatable bonds is 4. The summed E-state index contributed by atoms with van der Waals surface area (Å²) in [6, 6.07) is 8.25. The van der Waals surface area contributed by atoms with Gasteiger partial charge >= 0.3 is 0 Å². The van der Waals surface area contributed by atoms with Crippen LogP contribution in [0.15, 0.2) is 24.3 Å². The van der Waals surface area contributed by atoms with E-state index in [0.29, 0.717) is 0 Å². The van der Waals surface area contributed by atoms with E-state index in [9.17, 15) is 5.11 Å². The SMILES string of the molecule is COc1cccc(CCN2CCC(O)CC2)c1. The fraction of sp³-hybridized carbons (Fsp3) is 0.571. The largest absolute Gasteiger partial charge is 0.497 e. The Kier molecular flexibility index (Phi) is 4.40. The zero-order valence-electron chi connectivity index (χ0n) is 10.4. The molecule has 0 aromatic heterocycles. The summed E-state index contributed by atoms with van der Waals surface area (Å²) in [5.41, 5.74) is 1.32. The predicted octanol–water partition coefficient (Wildman–Crippen LogP) is 1.69. The van der Waals surface area contributed by atoms with E-state index in [1.165, 1.54) is 5.56 Å². The second-order valence-electron chi connectivity index (χ2n) is 4.67. The number of aliphatic hydroxyl groups is 1. The topological polar surface area (TPSA) is 32.7 Å². The van der Waals surface area contributed by atoms with Crippen molar-refractivity contribution in [1.82, 2.24) is 4.90 Å². The lowest BCUT2D eigenvalue weighted by molar-refractivity contribution is 0.0832. The highest BCUT2D eigenvalue weighted by atomic mass is 16.5. The van der Waals surface area contributed by atoms with Gasteiger partial charge in [0, 0.05) is 19.6 Å². The van der Waals surface area contributed by atoms with E-state index >= 15 is 0 Å². The lowest BCUT2D eigenvalue weighted by Crippen LogP contribution is -2.37. The lowest BCUT2D eigenvalue weighted by Gasteiger charge is -2.29. The molecule has 0 unspecified atom stereocenters.